The van der Waals surface area contributed by atoms with Crippen molar-refractivity contribution in [2.45, 2.75) is 25.3 Å². The van der Waals surface area contributed by atoms with Crippen LogP contribution in [-0.4, -0.2) is 6.54 Å². The fraction of sp³-hybridized carbons (Fsp3) is 0.190. The summed E-state index contributed by atoms with van der Waals surface area (Å²) in [5.41, 5.74) is 3.89. The molecule has 1 aliphatic rings. The van der Waals surface area contributed by atoms with E-state index < -0.39 is 0 Å². The number of pyridine rings is 1. The molecule has 0 saturated heterocycles. The number of benzene rings is 2. The molecule has 0 N–H and O–H groups in total. The molecule has 0 fully saturated rings. The molecule has 0 aliphatic carbocycles. The minimum atomic E-state index is 0.982. The third-order valence-corrected chi connectivity index (χ3v) is 5.64. The number of para-hydroxylation sites is 2. The van der Waals surface area contributed by atoms with Gasteiger partial charge in [0.05, 0.1) is 16.1 Å². The standard InChI is InChI=1S/C21H21N2S/c1-3-22-14-13-16(17-9-5-6-10-18(17)22)15-21-23(4-2)19-11-7-8-12-20(19)24-21/h5-15H,3-4H2,1-2H3/q+1. The fourth-order valence-electron chi connectivity index (χ4n) is 3.33. The highest BCUT2D eigenvalue weighted by Gasteiger charge is 2.23. The molecule has 0 atom stereocenters. The van der Waals surface area contributed by atoms with E-state index in [0.717, 1.165) is 13.1 Å². The van der Waals surface area contributed by atoms with Gasteiger partial charge < -0.3 is 4.90 Å². The van der Waals surface area contributed by atoms with E-state index in [1.807, 2.05) is 11.8 Å². The Morgan fingerprint density at radius 2 is 1.79 bits per heavy atom. The van der Waals surface area contributed by atoms with Gasteiger partial charge in [0.1, 0.15) is 6.54 Å². The van der Waals surface area contributed by atoms with Crippen molar-refractivity contribution in [3.63, 3.8) is 0 Å². The van der Waals surface area contributed by atoms with Gasteiger partial charge in [0.15, 0.2) is 6.20 Å². The summed E-state index contributed by atoms with van der Waals surface area (Å²) in [5, 5.41) is 2.61. The zero-order valence-corrected chi connectivity index (χ0v) is 14.9. The van der Waals surface area contributed by atoms with Crippen molar-refractivity contribution in [1.82, 2.24) is 0 Å². The summed E-state index contributed by atoms with van der Waals surface area (Å²) in [7, 11) is 0. The van der Waals surface area contributed by atoms with Crippen LogP contribution >= 0.6 is 11.8 Å². The van der Waals surface area contributed by atoms with Crippen molar-refractivity contribution in [2.75, 3.05) is 11.4 Å². The normalized spacial score (nSPS) is 15.2. The van der Waals surface area contributed by atoms with Crippen LogP contribution < -0.4 is 9.47 Å². The molecule has 0 bridgehead atoms. The maximum atomic E-state index is 2.40. The highest BCUT2D eigenvalue weighted by atomic mass is 32.2. The van der Waals surface area contributed by atoms with Gasteiger partial charge in [-0.3, -0.25) is 0 Å². The van der Waals surface area contributed by atoms with Crippen LogP contribution in [-0.2, 0) is 6.54 Å². The molecule has 1 aromatic heterocycles. The summed E-state index contributed by atoms with van der Waals surface area (Å²) < 4.78 is 2.30. The monoisotopic (exact) mass is 333 g/mol. The number of hydrogen-bond donors (Lipinski definition) is 0. The van der Waals surface area contributed by atoms with Crippen LogP contribution in [0, 0.1) is 0 Å². The molecule has 2 nitrogen and oxygen atoms in total. The molecule has 3 heteroatoms. The molecule has 24 heavy (non-hydrogen) atoms. The quantitative estimate of drug-likeness (QED) is 0.617. The van der Waals surface area contributed by atoms with Gasteiger partial charge in [0, 0.05) is 23.6 Å². The molecular weight excluding hydrogens is 312 g/mol. The summed E-state index contributed by atoms with van der Waals surface area (Å²) in [5.74, 6) is 0. The molecular formula is C21H21N2S+. The molecule has 3 aromatic rings. The Kier molecular flexibility index (Phi) is 4.03. The predicted octanol–water partition coefficient (Wildman–Crippen LogP) is 5.08. The zero-order valence-electron chi connectivity index (χ0n) is 14.1. The second-order valence-electron chi connectivity index (χ2n) is 5.87. The maximum absolute atomic E-state index is 2.40. The van der Waals surface area contributed by atoms with Gasteiger partial charge in [-0.2, -0.15) is 4.57 Å². The number of fused-ring (bicyclic) bond motifs is 2. The summed E-state index contributed by atoms with van der Waals surface area (Å²) in [6.45, 7) is 6.37. The first-order valence-electron chi connectivity index (χ1n) is 8.49. The van der Waals surface area contributed by atoms with Gasteiger partial charge in [-0.1, -0.05) is 36.0 Å². The summed E-state index contributed by atoms with van der Waals surface area (Å²) in [6, 6.07) is 19.5. The first-order chi connectivity index (χ1) is 11.8. The first-order valence-corrected chi connectivity index (χ1v) is 9.30. The van der Waals surface area contributed by atoms with Crippen molar-refractivity contribution in [2.24, 2.45) is 0 Å². The zero-order chi connectivity index (χ0) is 16.5. The molecule has 2 aromatic carbocycles. The number of aryl methyl sites for hydroxylation is 1. The molecule has 0 saturated carbocycles. The Balaban J connectivity index is 1.84. The second-order valence-corrected chi connectivity index (χ2v) is 6.93. The van der Waals surface area contributed by atoms with E-state index in [1.165, 1.54) is 32.1 Å². The van der Waals surface area contributed by atoms with Crippen molar-refractivity contribution < 1.29 is 4.57 Å². The molecule has 0 spiro atoms. The summed E-state index contributed by atoms with van der Waals surface area (Å²) >= 11 is 1.86. The van der Waals surface area contributed by atoms with Crippen LogP contribution in [0.25, 0.3) is 17.0 Å². The van der Waals surface area contributed by atoms with Crippen molar-refractivity contribution >= 4 is 34.4 Å². The van der Waals surface area contributed by atoms with Gasteiger partial charge in [0.2, 0.25) is 5.52 Å². The van der Waals surface area contributed by atoms with Crippen LogP contribution in [0.15, 0.2) is 70.7 Å². The van der Waals surface area contributed by atoms with Crippen LogP contribution in [0.4, 0.5) is 5.69 Å². The van der Waals surface area contributed by atoms with Crippen LogP contribution in [0.2, 0.25) is 0 Å². The maximum Gasteiger partial charge on any atom is 0.213 e. The van der Waals surface area contributed by atoms with Crippen molar-refractivity contribution in [1.29, 1.82) is 0 Å². The lowest BCUT2D eigenvalue weighted by Gasteiger charge is -2.18. The lowest BCUT2D eigenvalue weighted by atomic mass is 10.1. The van der Waals surface area contributed by atoms with E-state index in [0.29, 0.717) is 0 Å². The SMILES string of the molecule is CCN1C(=Cc2cc[n+](CC)c3ccccc23)Sc2ccccc21. The first kappa shape index (κ1) is 15.3. The number of thioether (sulfide) groups is 1. The second kappa shape index (κ2) is 6.33. The Morgan fingerprint density at radius 3 is 2.62 bits per heavy atom. The molecule has 2 heterocycles. The predicted molar refractivity (Wildman–Crippen MR) is 103 cm³/mol. The molecule has 4 rings (SSSR count). The Bertz CT molecular complexity index is 930. The number of aromatic nitrogens is 1. The number of hydrogen-bond acceptors (Lipinski definition) is 2. The van der Waals surface area contributed by atoms with Crippen LogP contribution in [0.1, 0.15) is 19.4 Å². The van der Waals surface area contributed by atoms with E-state index in [9.17, 15) is 0 Å². The van der Waals surface area contributed by atoms with Gasteiger partial charge in [-0.25, -0.2) is 0 Å². The Morgan fingerprint density at radius 1 is 1.00 bits per heavy atom. The summed E-state index contributed by atoms with van der Waals surface area (Å²) in [4.78, 5) is 3.74. The van der Waals surface area contributed by atoms with Crippen LogP contribution in [0.3, 0.4) is 0 Å². The number of nitrogens with zero attached hydrogens (tertiary/aromatic N) is 2. The molecule has 1 aliphatic heterocycles. The van der Waals surface area contributed by atoms with Crippen molar-refractivity contribution in [3.8, 4) is 0 Å². The third kappa shape index (κ3) is 2.49. The van der Waals surface area contributed by atoms with E-state index in [1.54, 1.807) is 0 Å². The average Bonchev–Trinajstić information content (AvgIpc) is 2.99. The molecule has 0 radical (unpaired) electrons. The van der Waals surface area contributed by atoms with Gasteiger partial charge in [-0.15, -0.1) is 0 Å². The highest BCUT2D eigenvalue weighted by molar-refractivity contribution is 8.03. The van der Waals surface area contributed by atoms with E-state index in [4.69, 9.17) is 0 Å². The highest BCUT2D eigenvalue weighted by Crippen LogP contribution is 2.46. The minimum Gasteiger partial charge on any atom is -0.335 e. The Hall–Kier alpha value is -2.26. The number of anilines is 1. The largest absolute Gasteiger partial charge is 0.335 e. The van der Waals surface area contributed by atoms with Gasteiger partial charge >= 0.3 is 0 Å². The van der Waals surface area contributed by atoms with Crippen LogP contribution in [0.5, 0.6) is 0 Å². The van der Waals surface area contributed by atoms with Gasteiger partial charge in [-0.05, 0) is 43.7 Å². The molecule has 0 amide bonds. The molecule has 0 unspecified atom stereocenters. The van der Waals surface area contributed by atoms with Gasteiger partial charge in [0.25, 0.3) is 0 Å². The van der Waals surface area contributed by atoms with E-state index in [2.05, 4.69) is 90.2 Å². The summed E-state index contributed by atoms with van der Waals surface area (Å²) in [6.07, 6.45) is 4.52. The van der Waals surface area contributed by atoms with E-state index >= 15 is 0 Å². The fourth-order valence-corrected chi connectivity index (χ4v) is 4.51. The minimum absolute atomic E-state index is 0.982. The van der Waals surface area contributed by atoms with E-state index in [-0.39, 0.29) is 0 Å². The Labute approximate surface area is 147 Å². The lowest BCUT2D eigenvalue weighted by Crippen LogP contribution is -2.32. The third-order valence-electron chi connectivity index (χ3n) is 4.53. The topological polar surface area (TPSA) is 7.12 Å². The lowest BCUT2D eigenvalue weighted by molar-refractivity contribution is -0.667. The smallest absolute Gasteiger partial charge is 0.213 e. The average molecular weight is 333 g/mol. The van der Waals surface area contributed by atoms with Crippen molar-refractivity contribution in [3.05, 3.63) is 71.4 Å². The number of rotatable bonds is 3. The molecule has 120 valence electrons.